The van der Waals surface area contributed by atoms with Crippen LogP contribution in [0.1, 0.15) is 33.1 Å². The molecule has 0 aromatic heterocycles. The molecule has 0 radical (unpaired) electrons. The van der Waals surface area contributed by atoms with Gasteiger partial charge in [-0.05, 0) is 26.2 Å². The van der Waals surface area contributed by atoms with Gasteiger partial charge in [0.15, 0.2) is 0 Å². The highest BCUT2D eigenvalue weighted by molar-refractivity contribution is 4.88. The minimum absolute atomic E-state index is 0.224. The lowest BCUT2D eigenvalue weighted by atomic mass is 10.1. The van der Waals surface area contributed by atoms with E-state index < -0.39 is 0 Å². The van der Waals surface area contributed by atoms with Crippen LogP contribution in [0.15, 0.2) is 0 Å². The number of aliphatic hydroxyl groups excluding tert-OH is 1. The zero-order valence-electron chi connectivity index (χ0n) is 11.1. The van der Waals surface area contributed by atoms with Crippen molar-refractivity contribution in [3.8, 4) is 0 Å². The van der Waals surface area contributed by atoms with Crippen molar-refractivity contribution < 1.29 is 9.84 Å². The molecular weight excluding hydrogens is 216 g/mol. The van der Waals surface area contributed by atoms with Gasteiger partial charge in [-0.25, -0.2) is 0 Å². The Morgan fingerprint density at radius 2 is 2.24 bits per heavy atom. The molecular formula is C13H26N2O2. The third kappa shape index (κ3) is 3.91. The molecule has 2 rings (SSSR count). The summed E-state index contributed by atoms with van der Waals surface area (Å²) in [6.07, 6.45) is 3.98. The van der Waals surface area contributed by atoms with E-state index >= 15 is 0 Å². The van der Waals surface area contributed by atoms with Gasteiger partial charge in [0, 0.05) is 31.2 Å². The van der Waals surface area contributed by atoms with Crippen LogP contribution in [0.3, 0.4) is 0 Å². The number of aliphatic hydroxyl groups is 1. The van der Waals surface area contributed by atoms with E-state index in [9.17, 15) is 5.11 Å². The summed E-state index contributed by atoms with van der Waals surface area (Å²) < 4.78 is 5.70. The number of nitrogens with one attached hydrogen (secondary N) is 1. The maximum absolute atomic E-state index is 9.44. The zero-order valence-corrected chi connectivity index (χ0v) is 11.1. The predicted octanol–water partition coefficient (Wildman–Crippen LogP) is 0.599. The SMILES string of the molecule is CCC1COC(C)CN1CC(CO)NC1CC1. The highest BCUT2D eigenvalue weighted by Crippen LogP contribution is 2.20. The molecule has 2 fully saturated rings. The van der Waals surface area contributed by atoms with Crippen LogP contribution < -0.4 is 5.32 Å². The first-order valence-electron chi connectivity index (χ1n) is 6.95. The Labute approximate surface area is 104 Å². The van der Waals surface area contributed by atoms with Crippen LogP contribution in [-0.2, 0) is 4.74 Å². The molecule has 0 amide bonds. The Morgan fingerprint density at radius 3 is 2.82 bits per heavy atom. The Hall–Kier alpha value is -0.160. The Bertz CT molecular complexity index is 233. The normalized spacial score (nSPS) is 32.6. The molecule has 4 nitrogen and oxygen atoms in total. The number of ether oxygens (including phenoxy) is 1. The van der Waals surface area contributed by atoms with Crippen LogP contribution in [0.2, 0.25) is 0 Å². The summed E-state index contributed by atoms with van der Waals surface area (Å²) in [5.41, 5.74) is 0. The fraction of sp³-hybridized carbons (Fsp3) is 1.00. The molecule has 1 aliphatic carbocycles. The molecule has 100 valence electrons. The molecule has 1 heterocycles. The standard InChI is InChI=1S/C13H26N2O2/c1-3-13-9-17-10(2)6-15(13)7-12(8-16)14-11-4-5-11/h10-14,16H,3-9H2,1-2H3. The Balaban J connectivity index is 1.83. The molecule has 1 saturated heterocycles. The van der Waals surface area contributed by atoms with E-state index in [0.29, 0.717) is 18.2 Å². The quantitative estimate of drug-likeness (QED) is 0.716. The van der Waals surface area contributed by atoms with Crippen molar-refractivity contribution in [1.82, 2.24) is 10.2 Å². The molecule has 0 bridgehead atoms. The Morgan fingerprint density at radius 1 is 1.47 bits per heavy atom. The van der Waals surface area contributed by atoms with E-state index in [1.54, 1.807) is 0 Å². The predicted molar refractivity (Wildman–Crippen MR) is 68.1 cm³/mol. The van der Waals surface area contributed by atoms with Crippen molar-refractivity contribution in [2.24, 2.45) is 0 Å². The highest BCUT2D eigenvalue weighted by atomic mass is 16.5. The maximum atomic E-state index is 9.44. The summed E-state index contributed by atoms with van der Waals surface area (Å²) in [6, 6.07) is 1.40. The van der Waals surface area contributed by atoms with Crippen LogP contribution in [0.25, 0.3) is 0 Å². The first-order valence-corrected chi connectivity index (χ1v) is 6.95. The van der Waals surface area contributed by atoms with Crippen LogP contribution in [0.4, 0.5) is 0 Å². The van der Waals surface area contributed by atoms with Gasteiger partial charge in [-0.3, -0.25) is 4.90 Å². The molecule has 3 unspecified atom stereocenters. The summed E-state index contributed by atoms with van der Waals surface area (Å²) in [4.78, 5) is 2.48. The molecule has 0 aromatic rings. The summed E-state index contributed by atoms with van der Waals surface area (Å²) >= 11 is 0. The molecule has 1 aliphatic heterocycles. The van der Waals surface area contributed by atoms with Gasteiger partial charge in [-0.15, -0.1) is 0 Å². The molecule has 17 heavy (non-hydrogen) atoms. The fourth-order valence-corrected chi connectivity index (χ4v) is 2.54. The van der Waals surface area contributed by atoms with Gasteiger partial charge < -0.3 is 15.2 Å². The largest absolute Gasteiger partial charge is 0.395 e. The summed E-state index contributed by atoms with van der Waals surface area (Å²) in [5, 5.41) is 13.0. The first kappa shape index (κ1) is 13.3. The molecule has 2 N–H and O–H groups in total. The van der Waals surface area contributed by atoms with E-state index in [4.69, 9.17) is 4.74 Å². The van der Waals surface area contributed by atoms with Gasteiger partial charge in [0.25, 0.3) is 0 Å². The van der Waals surface area contributed by atoms with Gasteiger partial charge in [0.05, 0.1) is 19.3 Å². The zero-order chi connectivity index (χ0) is 12.3. The van der Waals surface area contributed by atoms with Crippen molar-refractivity contribution in [2.45, 2.75) is 57.3 Å². The van der Waals surface area contributed by atoms with Gasteiger partial charge in [0.2, 0.25) is 0 Å². The molecule has 4 heteroatoms. The van der Waals surface area contributed by atoms with E-state index in [1.807, 2.05) is 0 Å². The second-order valence-electron chi connectivity index (χ2n) is 5.48. The topological polar surface area (TPSA) is 44.7 Å². The minimum Gasteiger partial charge on any atom is -0.395 e. The molecule has 3 atom stereocenters. The summed E-state index contributed by atoms with van der Waals surface area (Å²) in [7, 11) is 0. The number of rotatable bonds is 6. The van der Waals surface area contributed by atoms with Crippen LogP contribution in [-0.4, -0.2) is 60.5 Å². The van der Waals surface area contributed by atoms with Crippen LogP contribution in [0, 0.1) is 0 Å². The minimum atomic E-state index is 0.224. The van der Waals surface area contributed by atoms with Crippen molar-refractivity contribution >= 4 is 0 Å². The summed E-state index contributed by atoms with van der Waals surface area (Å²) in [6.45, 7) is 7.33. The number of hydrogen-bond acceptors (Lipinski definition) is 4. The highest BCUT2D eigenvalue weighted by Gasteiger charge is 2.30. The van der Waals surface area contributed by atoms with Gasteiger partial charge in [-0.1, -0.05) is 6.92 Å². The lowest BCUT2D eigenvalue weighted by molar-refractivity contribution is -0.0601. The third-order valence-corrected chi connectivity index (χ3v) is 3.78. The van der Waals surface area contributed by atoms with Crippen molar-refractivity contribution in [3.05, 3.63) is 0 Å². The van der Waals surface area contributed by atoms with Crippen LogP contribution >= 0.6 is 0 Å². The Kier molecular flexibility index (Phi) is 4.79. The van der Waals surface area contributed by atoms with Crippen molar-refractivity contribution in [3.63, 3.8) is 0 Å². The van der Waals surface area contributed by atoms with Crippen molar-refractivity contribution in [1.29, 1.82) is 0 Å². The van der Waals surface area contributed by atoms with Crippen molar-refractivity contribution in [2.75, 3.05) is 26.3 Å². The van der Waals surface area contributed by atoms with E-state index in [-0.39, 0.29) is 12.6 Å². The second kappa shape index (κ2) is 6.14. The van der Waals surface area contributed by atoms with Crippen LogP contribution in [0.5, 0.6) is 0 Å². The monoisotopic (exact) mass is 242 g/mol. The molecule has 1 saturated carbocycles. The molecule has 0 aromatic carbocycles. The third-order valence-electron chi connectivity index (χ3n) is 3.78. The van der Waals surface area contributed by atoms with E-state index in [2.05, 4.69) is 24.1 Å². The average Bonchev–Trinajstić information content (AvgIpc) is 3.12. The van der Waals surface area contributed by atoms with E-state index in [1.165, 1.54) is 12.8 Å². The average molecular weight is 242 g/mol. The number of hydrogen-bond donors (Lipinski definition) is 2. The first-order chi connectivity index (χ1) is 8.22. The van der Waals surface area contributed by atoms with Gasteiger partial charge in [-0.2, -0.15) is 0 Å². The smallest absolute Gasteiger partial charge is 0.0674 e. The van der Waals surface area contributed by atoms with Gasteiger partial charge in [0.1, 0.15) is 0 Å². The maximum Gasteiger partial charge on any atom is 0.0674 e. The number of nitrogens with zero attached hydrogens (tertiary/aromatic N) is 1. The lowest BCUT2D eigenvalue weighted by Gasteiger charge is -2.40. The number of morpholine rings is 1. The second-order valence-corrected chi connectivity index (χ2v) is 5.48. The molecule has 0 spiro atoms. The fourth-order valence-electron chi connectivity index (χ4n) is 2.54. The van der Waals surface area contributed by atoms with E-state index in [0.717, 1.165) is 26.1 Å². The van der Waals surface area contributed by atoms with Gasteiger partial charge >= 0.3 is 0 Å². The molecule has 2 aliphatic rings. The lowest BCUT2D eigenvalue weighted by Crippen LogP contribution is -2.54. The summed E-state index contributed by atoms with van der Waals surface area (Å²) in [5.74, 6) is 0.